The van der Waals surface area contributed by atoms with Crippen molar-refractivity contribution in [1.29, 1.82) is 0 Å². The third kappa shape index (κ3) is 7.61. The summed E-state index contributed by atoms with van der Waals surface area (Å²) < 4.78 is 25.0. The molecule has 0 spiro atoms. The van der Waals surface area contributed by atoms with Crippen LogP contribution in [0.15, 0.2) is 54.6 Å². The lowest BCUT2D eigenvalue weighted by atomic mass is 10.0. The van der Waals surface area contributed by atoms with E-state index in [1.165, 1.54) is 5.56 Å². The fourth-order valence-corrected chi connectivity index (χ4v) is 5.74. The SMILES string of the molecule is CCOP(=O)(OCC)[C@H](CCc1ccccc1)c1ccc(C#C[Si](C)(C)C)cc1. The van der Waals surface area contributed by atoms with Gasteiger partial charge in [-0.05, 0) is 49.9 Å². The molecule has 1 atom stereocenters. The first-order chi connectivity index (χ1) is 13.8. The molecule has 0 N–H and O–H groups in total. The van der Waals surface area contributed by atoms with E-state index in [-0.39, 0.29) is 5.66 Å². The topological polar surface area (TPSA) is 35.5 Å². The van der Waals surface area contributed by atoms with Gasteiger partial charge in [-0.2, -0.15) is 0 Å². The minimum Gasteiger partial charge on any atom is -0.308 e. The highest BCUT2D eigenvalue weighted by molar-refractivity contribution is 7.54. The smallest absolute Gasteiger partial charge is 0.308 e. The Morgan fingerprint density at radius 2 is 1.52 bits per heavy atom. The minimum atomic E-state index is -3.27. The number of aryl methyl sites for hydroxylation is 1. The molecule has 2 rings (SSSR count). The van der Waals surface area contributed by atoms with Crippen molar-refractivity contribution < 1.29 is 13.6 Å². The molecule has 29 heavy (non-hydrogen) atoms. The molecule has 0 unspecified atom stereocenters. The fourth-order valence-electron chi connectivity index (χ4n) is 3.08. The van der Waals surface area contributed by atoms with Gasteiger partial charge in [-0.3, -0.25) is 4.57 Å². The molecule has 0 aliphatic carbocycles. The van der Waals surface area contributed by atoms with Crippen LogP contribution >= 0.6 is 7.60 Å². The maximum absolute atomic E-state index is 13.6. The first kappa shape index (κ1) is 23.6. The van der Waals surface area contributed by atoms with Gasteiger partial charge < -0.3 is 9.05 Å². The molecule has 2 aromatic rings. The van der Waals surface area contributed by atoms with E-state index in [9.17, 15) is 4.57 Å². The fraction of sp³-hybridized carbons (Fsp3) is 0.417. The molecule has 0 radical (unpaired) electrons. The van der Waals surface area contributed by atoms with Crippen LogP contribution in [0.4, 0.5) is 0 Å². The van der Waals surface area contributed by atoms with Crippen LogP contribution in [0.1, 0.15) is 42.6 Å². The zero-order valence-electron chi connectivity index (χ0n) is 18.3. The van der Waals surface area contributed by atoms with E-state index >= 15 is 0 Å². The van der Waals surface area contributed by atoms with Crippen LogP contribution < -0.4 is 0 Å². The number of hydrogen-bond acceptors (Lipinski definition) is 3. The second-order valence-corrected chi connectivity index (χ2v) is 15.0. The molecule has 0 saturated heterocycles. The average molecular weight is 429 g/mol. The monoisotopic (exact) mass is 428 g/mol. The molecule has 0 fully saturated rings. The van der Waals surface area contributed by atoms with Gasteiger partial charge in [0, 0.05) is 5.56 Å². The molecule has 2 aromatic carbocycles. The second-order valence-electron chi connectivity index (χ2n) is 8.04. The van der Waals surface area contributed by atoms with Crippen LogP contribution in [0, 0.1) is 11.5 Å². The van der Waals surface area contributed by atoms with E-state index in [2.05, 4.69) is 43.2 Å². The Kier molecular flexibility index (Phi) is 8.93. The third-order valence-corrected chi connectivity index (χ3v) is 7.86. The molecule has 0 bridgehead atoms. The Bertz CT molecular complexity index is 851. The summed E-state index contributed by atoms with van der Waals surface area (Å²) in [4.78, 5) is 0. The van der Waals surface area contributed by atoms with Gasteiger partial charge in [-0.25, -0.2) is 0 Å². The molecule has 5 heteroatoms. The van der Waals surface area contributed by atoms with Crippen LogP contribution in [0.25, 0.3) is 0 Å². The summed E-state index contributed by atoms with van der Waals surface area (Å²) in [6.45, 7) is 11.1. The van der Waals surface area contributed by atoms with Crippen molar-refractivity contribution in [2.24, 2.45) is 0 Å². The largest absolute Gasteiger partial charge is 0.338 e. The Morgan fingerprint density at radius 3 is 2.03 bits per heavy atom. The second kappa shape index (κ2) is 10.9. The normalized spacial score (nSPS) is 12.9. The Labute approximate surface area is 177 Å². The highest BCUT2D eigenvalue weighted by atomic mass is 31.2. The van der Waals surface area contributed by atoms with E-state index in [0.29, 0.717) is 19.6 Å². The lowest BCUT2D eigenvalue weighted by Crippen LogP contribution is -2.16. The van der Waals surface area contributed by atoms with Crippen molar-refractivity contribution in [3.05, 3.63) is 71.3 Å². The number of rotatable bonds is 9. The first-order valence-electron chi connectivity index (χ1n) is 10.3. The third-order valence-electron chi connectivity index (χ3n) is 4.43. The predicted octanol–water partition coefficient (Wildman–Crippen LogP) is 6.86. The molecule has 0 amide bonds. The molecule has 0 aromatic heterocycles. The van der Waals surface area contributed by atoms with Gasteiger partial charge >= 0.3 is 7.60 Å². The Morgan fingerprint density at radius 1 is 0.931 bits per heavy atom. The van der Waals surface area contributed by atoms with Crippen molar-refractivity contribution in [1.82, 2.24) is 0 Å². The van der Waals surface area contributed by atoms with Gasteiger partial charge in [-0.1, -0.05) is 68.0 Å². The van der Waals surface area contributed by atoms with Gasteiger partial charge in [0.15, 0.2) is 0 Å². The van der Waals surface area contributed by atoms with Gasteiger partial charge in [0.25, 0.3) is 0 Å². The molecular weight excluding hydrogens is 395 g/mol. The first-order valence-corrected chi connectivity index (χ1v) is 15.4. The van der Waals surface area contributed by atoms with E-state index < -0.39 is 15.7 Å². The van der Waals surface area contributed by atoms with Crippen LogP contribution in [-0.4, -0.2) is 21.3 Å². The summed E-state index contributed by atoms with van der Waals surface area (Å²) in [5, 5.41) is 0. The van der Waals surface area contributed by atoms with Gasteiger partial charge in [0.1, 0.15) is 8.07 Å². The lowest BCUT2D eigenvalue weighted by Gasteiger charge is -2.27. The summed E-state index contributed by atoms with van der Waals surface area (Å²) in [6, 6.07) is 18.3. The highest BCUT2D eigenvalue weighted by Gasteiger charge is 2.36. The standard InChI is InChI=1S/C24H33O3PSi/c1-6-26-28(25,27-7-2)24(18-15-21-11-9-8-10-12-21)23-16-13-22(14-17-23)19-20-29(3,4)5/h8-14,16-17,24H,6-7,15,18H2,1-5H3/t24-/m1/s1. The van der Waals surface area contributed by atoms with Crippen LogP contribution in [0.5, 0.6) is 0 Å². The van der Waals surface area contributed by atoms with Gasteiger partial charge in [0.2, 0.25) is 0 Å². The summed E-state index contributed by atoms with van der Waals surface area (Å²) >= 11 is 0. The average Bonchev–Trinajstić information content (AvgIpc) is 2.68. The highest BCUT2D eigenvalue weighted by Crippen LogP contribution is 2.62. The summed E-state index contributed by atoms with van der Waals surface area (Å²) in [7, 11) is -4.70. The van der Waals surface area contributed by atoms with Gasteiger partial charge in [-0.15, -0.1) is 5.54 Å². The van der Waals surface area contributed by atoms with E-state index in [1.807, 2.05) is 56.3 Å². The van der Waals surface area contributed by atoms with Gasteiger partial charge in [0.05, 0.1) is 18.9 Å². The number of hydrogen-bond donors (Lipinski definition) is 0. The molecule has 0 saturated carbocycles. The van der Waals surface area contributed by atoms with E-state index in [0.717, 1.165) is 17.5 Å². The molecule has 3 nitrogen and oxygen atoms in total. The molecule has 0 aliphatic rings. The maximum Gasteiger partial charge on any atom is 0.338 e. The van der Waals surface area contributed by atoms with E-state index in [4.69, 9.17) is 9.05 Å². The van der Waals surface area contributed by atoms with Crippen LogP contribution in [-0.2, 0) is 20.0 Å². The predicted molar refractivity (Wildman–Crippen MR) is 125 cm³/mol. The summed E-state index contributed by atoms with van der Waals surface area (Å²) in [6.07, 6.45) is 1.51. The maximum atomic E-state index is 13.6. The molecular formula is C24H33O3PSi. The Hall–Kier alpha value is -1.63. The molecule has 0 aliphatic heterocycles. The van der Waals surface area contributed by atoms with Crippen molar-refractivity contribution in [2.45, 2.75) is 52.0 Å². The minimum absolute atomic E-state index is 0.304. The van der Waals surface area contributed by atoms with E-state index in [1.54, 1.807) is 0 Å². The van der Waals surface area contributed by atoms with Crippen molar-refractivity contribution in [3.63, 3.8) is 0 Å². The quantitative estimate of drug-likeness (QED) is 0.249. The van der Waals surface area contributed by atoms with Crippen LogP contribution in [0.3, 0.4) is 0 Å². The lowest BCUT2D eigenvalue weighted by molar-refractivity contribution is 0.210. The zero-order valence-corrected chi connectivity index (χ0v) is 20.2. The summed E-state index contributed by atoms with van der Waals surface area (Å²) in [5.41, 5.74) is 6.27. The number of benzene rings is 2. The molecule has 156 valence electrons. The van der Waals surface area contributed by atoms with Crippen LogP contribution in [0.2, 0.25) is 19.6 Å². The van der Waals surface area contributed by atoms with Crippen molar-refractivity contribution in [3.8, 4) is 11.5 Å². The Balaban J connectivity index is 2.32. The summed E-state index contributed by atoms with van der Waals surface area (Å²) in [5.74, 6) is 3.28. The van der Waals surface area contributed by atoms with Crippen molar-refractivity contribution in [2.75, 3.05) is 13.2 Å². The van der Waals surface area contributed by atoms with Crippen molar-refractivity contribution >= 4 is 15.7 Å². The molecule has 0 heterocycles. The zero-order chi connectivity index (χ0) is 21.3.